The van der Waals surface area contributed by atoms with Crippen molar-refractivity contribution in [2.24, 2.45) is 0 Å². The van der Waals surface area contributed by atoms with Crippen molar-refractivity contribution < 1.29 is 0 Å². The van der Waals surface area contributed by atoms with Gasteiger partial charge in [0, 0.05) is 12.4 Å². The van der Waals surface area contributed by atoms with Crippen LogP contribution in [0.5, 0.6) is 0 Å². The van der Waals surface area contributed by atoms with Crippen molar-refractivity contribution in [2.75, 3.05) is 0 Å². The van der Waals surface area contributed by atoms with Crippen LogP contribution in [0.25, 0.3) is 5.57 Å². The molecule has 0 N–H and O–H groups in total. The molecule has 0 aliphatic heterocycles. The first-order valence-electron chi connectivity index (χ1n) is 13.4. The third-order valence-electron chi connectivity index (χ3n) is 7.59. The van der Waals surface area contributed by atoms with Crippen molar-refractivity contribution >= 4 is 22.9 Å². The first-order valence-corrected chi connectivity index (χ1v) is 15.0. The van der Waals surface area contributed by atoms with Crippen LogP contribution < -0.4 is 0 Å². The van der Waals surface area contributed by atoms with Crippen molar-refractivity contribution in [2.45, 2.75) is 30.0 Å². The summed E-state index contributed by atoms with van der Waals surface area (Å²) in [4.78, 5) is 4.38. The lowest BCUT2D eigenvalue weighted by molar-refractivity contribution is 0.474. The molecule has 186 valence electrons. The van der Waals surface area contributed by atoms with Crippen LogP contribution in [0, 0.1) is 0 Å². The molecule has 0 bridgehead atoms. The number of hydrogen-bond acceptors (Lipinski definition) is 1. The maximum Gasteiger partial charge on any atom is 0.103 e. The van der Waals surface area contributed by atoms with E-state index in [9.17, 15) is 0 Å². The summed E-state index contributed by atoms with van der Waals surface area (Å²) in [6.45, 7) is 0. The van der Waals surface area contributed by atoms with E-state index in [1.807, 2.05) is 48.9 Å². The Hall–Kier alpha value is -3.89. The maximum absolute atomic E-state index is 5.67. The van der Waals surface area contributed by atoms with Crippen LogP contribution >= 0.6 is 0 Å². The van der Waals surface area contributed by atoms with E-state index >= 15 is 0 Å². The summed E-state index contributed by atoms with van der Waals surface area (Å²) in [5.41, 5.74) is 7.09. The normalized spacial score (nSPS) is 13.4. The van der Waals surface area contributed by atoms with Gasteiger partial charge >= 0.3 is 0 Å². The van der Waals surface area contributed by atoms with E-state index in [0.717, 1.165) is 22.2 Å². The maximum atomic E-state index is 5.67. The summed E-state index contributed by atoms with van der Waals surface area (Å²) >= 11 is 0. The Balaban J connectivity index is 0.000000170. The van der Waals surface area contributed by atoms with Gasteiger partial charge in [0.25, 0.3) is 0 Å². The molecule has 1 aliphatic carbocycles. The lowest BCUT2D eigenvalue weighted by Crippen LogP contribution is -2.44. The summed E-state index contributed by atoms with van der Waals surface area (Å²) < 4.78 is 2.36. The molecular formula is C34H33BN2Si. The van der Waals surface area contributed by atoms with Gasteiger partial charge in [0.2, 0.25) is 0 Å². The molecule has 2 radical (unpaired) electrons. The van der Waals surface area contributed by atoms with E-state index in [1.54, 1.807) is 5.98 Å². The van der Waals surface area contributed by atoms with Crippen molar-refractivity contribution in [3.8, 4) is 0 Å². The zero-order chi connectivity index (χ0) is 26.0. The fourth-order valence-electron chi connectivity index (χ4n) is 5.43. The molecule has 2 nitrogen and oxygen atoms in total. The molecule has 0 spiro atoms. The lowest BCUT2D eigenvalue weighted by atomic mass is 9.92. The molecule has 38 heavy (non-hydrogen) atoms. The van der Waals surface area contributed by atoms with Gasteiger partial charge in [0.15, 0.2) is 0 Å². The lowest BCUT2D eigenvalue weighted by Gasteiger charge is -2.41. The second-order valence-corrected chi connectivity index (χ2v) is 12.5. The second kappa shape index (κ2) is 12.6. The van der Waals surface area contributed by atoms with Crippen LogP contribution in [0.3, 0.4) is 0 Å². The van der Waals surface area contributed by atoms with Gasteiger partial charge in [-0.1, -0.05) is 141 Å². The molecule has 1 heterocycles. The fraction of sp³-hybridized carbons (Fsp3) is 0.147. The molecule has 0 amide bonds. The molecule has 6 rings (SSSR count). The molecule has 4 heteroatoms. The average Bonchev–Trinajstić information content (AvgIpc) is 3.51. The van der Waals surface area contributed by atoms with Gasteiger partial charge in [0.05, 0.1) is 21.0 Å². The number of aromatic nitrogens is 2. The van der Waals surface area contributed by atoms with Crippen molar-refractivity contribution in [3.05, 3.63) is 168 Å². The smallest absolute Gasteiger partial charge is 0.103 e. The van der Waals surface area contributed by atoms with Gasteiger partial charge in [-0.25, -0.2) is 4.98 Å². The summed E-state index contributed by atoms with van der Waals surface area (Å²) in [6, 6.07) is 42.4. The zero-order valence-electron chi connectivity index (χ0n) is 21.7. The van der Waals surface area contributed by atoms with Gasteiger partial charge < -0.3 is 4.57 Å². The molecule has 1 fully saturated rings. The van der Waals surface area contributed by atoms with Gasteiger partial charge in [-0.15, -0.1) is 5.98 Å². The molecule has 1 saturated carbocycles. The highest BCUT2D eigenvalue weighted by Crippen LogP contribution is 2.42. The predicted molar refractivity (Wildman–Crippen MR) is 163 cm³/mol. The second-order valence-electron chi connectivity index (χ2n) is 9.88. The highest BCUT2D eigenvalue weighted by Gasteiger charge is 2.39. The highest BCUT2D eigenvalue weighted by atomic mass is 28.2. The minimum atomic E-state index is -0.413. The largest absolute Gasteiger partial charge is 0.327 e. The topological polar surface area (TPSA) is 17.8 Å². The molecule has 0 atom stereocenters. The Labute approximate surface area is 230 Å². The highest BCUT2D eigenvalue weighted by molar-refractivity contribution is 6.43. The van der Waals surface area contributed by atoms with E-state index in [-0.39, 0.29) is 5.16 Å². The van der Waals surface area contributed by atoms with E-state index in [1.165, 1.54) is 30.4 Å². The molecular weight excluding hydrogens is 475 g/mol. The van der Waals surface area contributed by atoms with Gasteiger partial charge in [-0.3, -0.25) is 0 Å². The average molecular weight is 509 g/mol. The Morgan fingerprint density at radius 2 is 1.21 bits per heavy atom. The monoisotopic (exact) mass is 508 g/mol. The van der Waals surface area contributed by atoms with Crippen LogP contribution in [0.4, 0.5) is 0 Å². The first-order chi connectivity index (χ1) is 18.8. The van der Waals surface area contributed by atoms with Crippen molar-refractivity contribution in [1.29, 1.82) is 0 Å². The summed E-state index contributed by atoms with van der Waals surface area (Å²) in [6.07, 6.45) is 10.3. The van der Waals surface area contributed by atoms with Gasteiger partial charge in [-0.2, -0.15) is 0 Å². The van der Waals surface area contributed by atoms with Crippen LogP contribution in [0.2, 0.25) is 5.54 Å². The van der Waals surface area contributed by atoms with Crippen LogP contribution in [-0.4, -0.2) is 26.9 Å². The van der Waals surface area contributed by atoms with E-state index in [2.05, 4.69) is 101 Å². The van der Waals surface area contributed by atoms with Crippen molar-refractivity contribution in [1.82, 2.24) is 9.55 Å². The Kier molecular flexibility index (Phi) is 8.52. The molecule has 0 saturated heterocycles. The number of hydrogen-bond donors (Lipinski definition) is 0. The van der Waals surface area contributed by atoms with Crippen molar-refractivity contribution in [3.63, 3.8) is 0 Å². The molecule has 1 aliphatic rings. The first kappa shape index (κ1) is 25.7. The summed E-state index contributed by atoms with van der Waals surface area (Å²) in [7, 11) is 5.26. The summed E-state index contributed by atoms with van der Waals surface area (Å²) in [5, 5.41) is -0.0237. The molecule has 4 aromatic carbocycles. The van der Waals surface area contributed by atoms with E-state index in [0.29, 0.717) is 0 Å². The minimum Gasteiger partial charge on any atom is -0.327 e. The zero-order valence-corrected chi connectivity index (χ0v) is 23.1. The Morgan fingerprint density at radius 3 is 1.58 bits per heavy atom. The Morgan fingerprint density at radius 1 is 0.737 bits per heavy atom. The number of imidazole rings is 1. The number of benzene rings is 4. The van der Waals surface area contributed by atoms with E-state index < -0.39 is 9.52 Å². The van der Waals surface area contributed by atoms with E-state index in [4.69, 9.17) is 7.85 Å². The third kappa shape index (κ3) is 5.66. The van der Waals surface area contributed by atoms with Gasteiger partial charge in [0.1, 0.15) is 7.85 Å². The van der Waals surface area contributed by atoms with Crippen LogP contribution in [-0.2, 0) is 5.16 Å². The Bertz CT molecular complexity index is 1320. The fourth-order valence-corrected chi connectivity index (χ4v) is 8.59. The third-order valence-corrected chi connectivity index (χ3v) is 10.8. The number of rotatable bonds is 7. The quantitative estimate of drug-likeness (QED) is 0.216. The van der Waals surface area contributed by atoms with Gasteiger partial charge in [-0.05, 0) is 33.4 Å². The molecule has 0 unspecified atom stereocenters. The van der Waals surface area contributed by atoms with Crippen LogP contribution in [0.1, 0.15) is 41.5 Å². The molecule has 5 aromatic rings. The van der Waals surface area contributed by atoms with Crippen LogP contribution in [0.15, 0.2) is 146 Å². The summed E-state index contributed by atoms with van der Waals surface area (Å²) in [5.74, 6) is 1.66. The SMILES string of the molecule is [B]C=C(c1ccccc1)c1ccccc1.c1ccc(C([SiH2]C2CCC2)(c2ccccc2)n2ccnc2)cc1. The molecule has 1 aromatic heterocycles. The minimum absolute atomic E-state index is 0.0237. The number of nitrogens with zero attached hydrogens (tertiary/aromatic N) is 2. The standard InChI is InChI=1S/C20H22N2Si.C14H11B/c1-3-8-17(9-4-1)20(22-15-14-21-16-22,23-19-12-7-13-19)18-10-5-2-6-11-18;15-11-14(12-7-3-1-4-8-12)13-9-5-2-6-10-13/h1-6,8-11,14-16,19H,7,12-13,23H2;1-11H. The predicted octanol–water partition coefficient (Wildman–Crippen LogP) is 7.02.